The zero-order valence-corrected chi connectivity index (χ0v) is 12.6. The van der Waals surface area contributed by atoms with E-state index in [2.05, 4.69) is 10.3 Å². The molecule has 0 aliphatic carbocycles. The second-order valence-corrected chi connectivity index (χ2v) is 5.30. The summed E-state index contributed by atoms with van der Waals surface area (Å²) in [6.45, 7) is 5.22. The summed E-state index contributed by atoms with van der Waals surface area (Å²) in [6, 6.07) is 1.71. The van der Waals surface area contributed by atoms with Crippen LogP contribution in [0.5, 0.6) is 0 Å². The largest absolute Gasteiger partial charge is 0.480 e. The maximum absolute atomic E-state index is 13.4. The number of nitrogens with one attached hydrogen (secondary N) is 1. The predicted octanol–water partition coefficient (Wildman–Crippen LogP) is 2.01. The number of hydrogen-bond acceptors (Lipinski definition) is 3. The quantitative estimate of drug-likeness (QED) is 0.885. The van der Waals surface area contributed by atoms with E-state index >= 15 is 0 Å². The number of fused-ring (bicyclic) bond motifs is 1. The van der Waals surface area contributed by atoms with Crippen molar-refractivity contribution in [3.8, 4) is 0 Å². The molecule has 2 heterocycles. The molecule has 2 unspecified atom stereocenters. The lowest BCUT2D eigenvalue weighted by Crippen LogP contribution is -2.45. The van der Waals surface area contributed by atoms with Crippen LogP contribution in [0.3, 0.4) is 0 Å². The molecule has 2 N–H and O–H groups in total. The number of carbonyl (C=O) groups excluding carboxylic acids is 1. The fraction of sp³-hybridized carbons (Fsp3) is 0.400. The molecule has 0 fully saturated rings. The van der Waals surface area contributed by atoms with E-state index in [1.54, 1.807) is 13.8 Å². The first-order valence-corrected chi connectivity index (χ1v) is 7.03. The number of aliphatic carboxylic acids is 1. The molecule has 118 valence electrons. The van der Waals surface area contributed by atoms with Gasteiger partial charge in [0.15, 0.2) is 0 Å². The summed E-state index contributed by atoms with van der Waals surface area (Å²) in [7, 11) is 0. The zero-order valence-electron chi connectivity index (χ0n) is 12.6. The van der Waals surface area contributed by atoms with Crippen LogP contribution in [-0.2, 0) is 4.79 Å². The van der Waals surface area contributed by atoms with Crippen LogP contribution in [0.2, 0.25) is 0 Å². The molecule has 2 atom stereocenters. The standard InChI is InChI=1S/C15H18FN3O3/c1-4-8(2)12(15(21)22)18-14(20)13-9(3)17-11-6-5-10(16)7-19(11)13/h5-8,12H,4H2,1-3H3,(H,18,20)(H,21,22). The van der Waals surface area contributed by atoms with Gasteiger partial charge in [0.1, 0.15) is 23.2 Å². The fourth-order valence-corrected chi connectivity index (χ4v) is 2.30. The summed E-state index contributed by atoms with van der Waals surface area (Å²) in [5, 5.41) is 11.8. The van der Waals surface area contributed by atoms with E-state index in [0.29, 0.717) is 17.8 Å². The first kappa shape index (κ1) is 15.9. The Hall–Kier alpha value is -2.44. The zero-order chi connectivity index (χ0) is 16.4. The van der Waals surface area contributed by atoms with Gasteiger partial charge in [0.2, 0.25) is 0 Å². The van der Waals surface area contributed by atoms with Gasteiger partial charge >= 0.3 is 5.97 Å². The minimum atomic E-state index is -1.10. The van der Waals surface area contributed by atoms with Gasteiger partial charge in [-0.15, -0.1) is 0 Å². The number of nitrogens with zero attached hydrogens (tertiary/aromatic N) is 2. The van der Waals surface area contributed by atoms with Crippen LogP contribution < -0.4 is 5.32 Å². The second-order valence-electron chi connectivity index (χ2n) is 5.30. The van der Waals surface area contributed by atoms with Crippen LogP contribution in [0.4, 0.5) is 4.39 Å². The van der Waals surface area contributed by atoms with E-state index in [1.165, 1.54) is 16.5 Å². The summed E-state index contributed by atoms with van der Waals surface area (Å²) in [5.74, 6) is -2.41. The molecule has 2 rings (SSSR count). The predicted molar refractivity (Wildman–Crippen MR) is 78.2 cm³/mol. The van der Waals surface area contributed by atoms with E-state index in [1.807, 2.05) is 6.92 Å². The highest BCUT2D eigenvalue weighted by molar-refractivity contribution is 5.97. The molecule has 0 spiro atoms. The Morgan fingerprint density at radius 2 is 2.14 bits per heavy atom. The second kappa shape index (κ2) is 6.13. The Kier molecular flexibility index (Phi) is 4.44. The Bertz CT molecular complexity index is 726. The highest BCUT2D eigenvalue weighted by Gasteiger charge is 2.27. The molecule has 1 amide bonds. The van der Waals surface area contributed by atoms with Crippen molar-refractivity contribution in [1.29, 1.82) is 0 Å². The first-order chi connectivity index (χ1) is 10.3. The SMILES string of the molecule is CCC(C)C(NC(=O)c1c(C)nc2ccc(F)cn12)C(=O)O. The molecule has 22 heavy (non-hydrogen) atoms. The van der Waals surface area contributed by atoms with Gasteiger partial charge in [0.25, 0.3) is 5.91 Å². The molecule has 0 radical (unpaired) electrons. The van der Waals surface area contributed by atoms with Crippen LogP contribution >= 0.6 is 0 Å². The lowest BCUT2D eigenvalue weighted by Gasteiger charge is -2.20. The molecule has 2 aromatic rings. The number of amides is 1. The van der Waals surface area contributed by atoms with Crippen molar-refractivity contribution in [3.05, 3.63) is 35.5 Å². The molecule has 0 bridgehead atoms. The summed E-state index contributed by atoms with van der Waals surface area (Å²) in [5.41, 5.74) is 0.986. The average Bonchev–Trinajstić information content (AvgIpc) is 2.78. The van der Waals surface area contributed by atoms with Crippen LogP contribution in [0.15, 0.2) is 18.3 Å². The van der Waals surface area contributed by atoms with E-state index in [4.69, 9.17) is 0 Å². The third-order valence-electron chi connectivity index (χ3n) is 3.74. The van der Waals surface area contributed by atoms with Gasteiger partial charge in [-0.25, -0.2) is 14.2 Å². The normalized spacial score (nSPS) is 13.8. The van der Waals surface area contributed by atoms with Gasteiger partial charge in [0, 0.05) is 6.20 Å². The number of carbonyl (C=O) groups is 2. The van der Waals surface area contributed by atoms with Crippen LogP contribution in [0.1, 0.15) is 36.5 Å². The molecule has 0 aliphatic heterocycles. The Morgan fingerprint density at radius 3 is 2.73 bits per heavy atom. The van der Waals surface area contributed by atoms with Crippen molar-refractivity contribution in [2.45, 2.75) is 33.2 Å². The van der Waals surface area contributed by atoms with Crippen molar-refractivity contribution < 1.29 is 19.1 Å². The number of aromatic nitrogens is 2. The maximum atomic E-state index is 13.4. The molecule has 6 nitrogen and oxygen atoms in total. The summed E-state index contributed by atoms with van der Waals surface area (Å²) < 4.78 is 14.7. The van der Waals surface area contributed by atoms with Crippen LogP contribution in [0.25, 0.3) is 5.65 Å². The van der Waals surface area contributed by atoms with E-state index in [-0.39, 0.29) is 11.6 Å². The van der Waals surface area contributed by atoms with E-state index in [9.17, 15) is 19.1 Å². The number of hydrogen-bond donors (Lipinski definition) is 2. The first-order valence-electron chi connectivity index (χ1n) is 7.03. The van der Waals surface area contributed by atoms with Crippen molar-refractivity contribution in [3.63, 3.8) is 0 Å². The number of halogens is 1. The number of pyridine rings is 1. The average molecular weight is 307 g/mol. The summed E-state index contributed by atoms with van der Waals surface area (Å²) in [6.07, 6.45) is 1.77. The van der Waals surface area contributed by atoms with Crippen molar-refractivity contribution >= 4 is 17.5 Å². The van der Waals surface area contributed by atoms with Gasteiger partial charge in [-0.2, -0.15) is 0 Å². The number of imidazole rings is 1. The van der Waals surface area contributed by atoms with Gasteiger partial charge in [0.05, 0.1) is 5.69 Å². The molecular weight excluding hydrogens is 289 g/mol. The van der Waals surface area contributed by atoms with Crippen molar-refractivity contribution in [2.24, 2.45) is 5.92 Å². The van der Waals surface area contributed by atoms with Gasteiger partial charge in [-0.1, -0.05) is 20.3 Å². The third-order valence-corrected chi connectivity index (χ3v) is 3.74. The molecule has 2 aromatic heterocycles. The molecule has 0 aromatic carbocycles. The Labute approximate surface area is 127 Å². The minimum absolute atomic E-state index is 0.143. The fourth-order valence-electron chi connectivity index (χ4n) is 2.30. The lowest BCUT2D eigenvalue weighted by molar-refractivity contribution is -0.140. The van der Waals surface area contributed by atoms with Crippen LogP contribution in [0, 0.1) is 18.7 Å². The summed E-state index contributed by atoms with van der Waals surface area (Å²) >= 11 is 0. The third kappa shape index (κ3) is 2.93. The highest BCUT2D eigenvalue weighted by Crippen LogP contribution is 2.15. The van der Waals surface area contributed by atoms with E-state index < -0.39 is 23.7 Å². The summed E-state index contributed by atoms with van der Waals surface area (Å²) in [4.78, 5) is 27.9. The minimum Gasteiger partial charge on any atom is -0.480 e. The van der Waals surface area contributed by atoms with Crippen molar-refractivity contribution in [2.75, 3.05) is 0 Å². The Balaban J connectivity index is 2.39. The number of aryl methyl sites for hydroxylation is 1. The lowest BCUT2D eigenvalue weighted by atomic mass is 9.99. The smallest absolute Gasteiger partial charge is 0.326 e. The monoisotopic (exact) mass is 307 g/mol. The van der Waals surface area contributed by atoms with Crippen molar-refractivity contribution in [1.82, 2.24) is 14.7 Å². The number of rotatable bonds is 5. The van der Waals surface area contributed by atoms with Gasteiger partial charge < -0.3 is 10.4 Å². The molecule has 0 saturated heterocycles. The Morgan fingerprint density at radius 1 is 1.45 bits per heavy atom. The highest BCUT2D eigenvalue weighted by atomic mass is 19.1. The molecule has 0 aliphatic rings. The van der Waals surface area contributed by atoms with Gasteiger partial charge in [-0.05, 0) is 25.0 Å². The number of carboxylic acid groups (broad SMARTS) is 1. The number of carboxylic acids is 1. The molecular formula is C15H18FN3O3. The molecule has 7 heteroatoms. The van der Waals surface area contributed by atoms with Gasteiger partial charge in [-0.3, -0.25) is 9.20 Å². The van der Waals surface area contributed by atoms with Crippen LogP contribution in [-0.4, -0.2) is 32.4 Å². The topological polar surface area (TPSA) is 83.7 Å². The van der Waals surface area contributed by atoms with E-state index in [0.717, 1.165) is 6.20 Å². The maximum Gasteiger partial charge on any atom is 0.326 e. The molecule has 0 saturated carbocycles.